The molecule has 1 aliphatic carbocycles. The van der Waals surface area contributed by atoms with Crippen molar-refractivity contribution in [2.45, 2.75) is 64.0 Å². The maximum absolute atomic E-state index is 12.5. The Balaban J connectivity index is 1.13. The summed E-state index contributed by atoms with van der Waals surface area (Å²) >= 11 is 0. The number of nitrogens with zero attached hydrogens (tertiary/aromatic N) is 5. The highest BCUT2D eigenvalue weighted by Crippen LogP contribution is 2.33. The SMILES string of the molecule is CC(C)N1CCC(c2ccc(-c3cc4c(N5CCN(C(=O)OC6CCC6)CC5)ccnn4c3)cc2)CC1. The van der Waals surface area contributed by atoms with Gasteiger partial charge in [-0.3, -0.25) is 0 Å². The first-order valence-electron chi connectivity index (χ1n) is 14.1. The van der Waals surface area contributed by atoms with E-state index in [1.165, 1.54) is 54.7 Å². The number of aromatic nitrogens is 2. The van der Waals surface area contributed by atoms with Gasteiger partial charge in [-0.25, -0.2) is 9.31 Å². The van der Waals surface area contributed by atoms with E-state index in [1.807, 2.05) is 15.6 Å². The normalized spacial score (nSPS) is 20.0. The molecular formula is C30H39N5O2. The molecule has 196 valence electrons. The van der Waals surface area contributed by atoms with Crippen molar-refractivity contribution in [3.8, 4) is 11.1 Å². The molecule has 3 aromatic rings. The standard InChI is InChI=1S/C30H39N5O2/c1-22(2)32-14-11-25(12-15-32)23-6-8-24(9-7-23)26-20-29-28(10-13-31-35(29)21-26)33-16-18-34(19-17-33)30(36)37-27-4-3-5-27/h6-10,13,20-22,25,27H,3-5,11-12,14-19H2,1-2H3. The molecule has 0 bridgehead atoms. The van der Waals surface area contributed by atoms with Crippen LogP contribution in [0.5, 0.6) is 0 Å². The Morgan fingerprint density at radius 3 is 2.30 bits per heavy atom. The lowest BCUT2D eigenvalue weighted by atomic mass is 9.88. The van der Waals surface area contributed by atoms with E-state index in [1.54, 1.807) is 0 Å². The van der Waals surface area contributed by atoms with Gasteiger partial charge < -0.3 is 19.4 Å². The zero-order valence-electron chi connectivity index (χ0n) is 22.2. The number of hydrogen-bond acceptors (Lipinski definition) is 5. The molecule has 4 heterocycles. The Morgan fingerprint density at radius 1 is 0.919 bits per heavy atom. The largest absolute Gasteiger partial charge is 0.446 e. The van der Waals surface area contributed by atoms with Crippen LogP contribution < -0.4 is 4.90 Å². The molecule has 0 radical (unpaired) electrons. The van der Waals surface area contributed by atoms with Crippen LogP contribution in [-0.2, 0) is 4.74 Å². The van der Waals surface area contributed by atoms with Crippen LogP contribution in [0, 0.1) is 0 Å². The fourth-order valence-electron chi connectivity index (χ4n) is 5.96. The molecule has 3 aliphatic rings. The Bertz CT molecular complexity index is 1220. The van der Waals surface area contributed by atoms with Gasteiger partial charge in [-0.2, -0.15) is 5.10 Å². The van der Waals surface area contributed by atoms with Crippen LogP contribution in [0.2, 0.25) is 0 Å². The molecule has 1 amide bonds. The lowest BCUT2D eigenvalue weighted by Gasteiger charge is -2.37. The molecule has 0 N–H and O–H groups in total. The average Bonchev–Trinajstić information content (AvgIpc) is 3.35. The van der Waals surface area contributed by atoms with Crippen molar-refractivity contribution >= 4 is 17.3 Å². The van der Waals surface area contributed by atoms with E-state index in [9.17, 15) is 4.79 Å². The lowest BCUT2D eigenvalue weighted by Crippen LogP contribution is -2.50. The monoisotopic (exact) mass is 501 g/mol. The predicted octanol–water partition coefficient (Wildman–Crippen LogP) is 5.40. The molecule has 7 heteroatoms. The molecule has 2 saturated heterocycles. The van der Waals surface area contributed by atoms with E-state index in [4.69, 9.17) is 4.74 Å². The molecule has 37 heavy (non-hydrogen) atoms. The van der Waals surface area contributed by atoms with Crippen LogP contribution in [-0.4, -0.2) is 76.9 Å². The van der Waals surface area contributed by atoms with E-state index in [-0.39, 0.29) is 12.2 Å². The fraction of sp³-hybridized carbons (Fsp3) is 0.533. The van der Waals surface area contributed by atoms with E-state index < -0.39 is 0 Å². The first-order valence-corrected chi connectivity index (χ1v) is 14.1. The number of likely N-dealkylation sites (tertiary alicyclic amines) is 1. The van der Waals surface area contributed by atoms with E-state index in [2.05, 4.69) is 71.3 Å². The van der Waals surface area contributed by atoms with Crippen molar-refractivity contribution < 1.29 is 9.53 Å². The number of benzene rings is 1. The third kappa shape index (κ3) is 5.06. The summed E-state index contributed by atoms with van der Waals surface area (Å²) in [6, 6.07) is 14.2. The highest BCUT2D eigenvalue weighted by molar-refractivity contribution is 5.80. The molecule has 6 rings (SSSR count). The van der Waals surface area contributed by atoms with Crippen molar-refractivity contribution in [3.63, 3.8) is 0 Å². The molecule has 0 atom stereocenters. The van der Waals surface area contributed by atoms with Gasteiger partial charge in [-0.1, -0.05) is 24.3 Å². The predicted molar refractivity (Wildman–Crippen MR) is 147 cm³/mol. The summed E-state index contributed by atoms with van der Waals surface area (Å²) in [5.74, 6) is 0.662. The zero-order chi connectivity index (χ0) is 25.4. The molecule has 3 fully saturated rings. The Morgan fingerprint density at radius 2 is 1.65 bits per heavy atom. The van der Waals surface area contributed by atoms with Crippen LogP contribution in [0.25, 0.3) is 16.6 Å². The second-order valence-electron chi connectivity index (χ2n) is 11.2. The van der Waals surface area contributed by atoms with Gasteiger partial charge in [0.1, 0.15) is 6.10 Å². The van der Waals surface area contributed by atoms with E-state index >= 15 is 0 Å². The summed E-state index contributed by atoms with van der Waals surface area (Å²) in [4.78, 5) is 19.3. The van der Waals surface area contributed by atoms with Gasteiger partial charge in [0, 0.05) is 50.2 Å². The van der Waals surface area contributed by atoms with Crippen molar-refractivity contribution in [3.05, 3.63) is 54.4 Å². The summed E-state index contributed by atoms with van der Waals surface area (Å²) in [5, 5.41) is 4.59. The van der Waals surface area contributed by atoms with Crippen molar-refractivity contribution in [2.24, 2.45) is 0 Å². The lowest BCUT2D eigenvalue weighted by molar-refractivity contribution is 0.0260. The summed E-state index contributed by atoms with van der Waals surface area (Å²) in [6.45, 7) is 9.94. The number of carbonyl (C=O) groups excluding carboxylic acids is 1. The topological polar surface area (TPSA) is 53.3 Å². The zero-order valence-corrected chi connectivity index (χ0v) is 22.2. The smallest absolute Gasteiger partial charge is 0.410 e. The van der Waals surface area contributed by atoms with Crippen molar-refractivity contribution in [2.75, 3.05) is 44.2 Å². The minimum atomic E-state index is -0.150. The first kappa shape index (κ1) is 24.3. The molecule has 0 spiro atoms. The molecule has 1 saturated carbocycles. The van der Waals surface area contributed by atoms with Gasteiger partial charge in [0.2, 0.25) is 0 Å². The second kappa shape index (κ2) is 10.4. The van der Waals surface area contributed by atoms with Crippen LogP contribution in [0.15, 0.2) is 48.8 Å². The number of anilines is 1. The van der Waals surface area contributed by atoms with Crippen molar-refractivity contribution in [1.29, 1.82) is 0 Å². The quantitative estimate of drug-likeness (QED) is 0.469. The number of amides is 1. The van der Waals surface area contributed by atoms with Gasteiger partial charge in [0.05, 0.1) is 11.2 Å². The summed E-state index contributed by atoms with van der Waals surface area (Å²) in [7, 11) is 0. The van der Waals surface area contributed by atoms with Gasteiger partial charge in [-0.05, 0) is 88.2 Å². The number of piperazine rings is 1. The number of carbonyl (C=O) groups is 1. The number of hydrogen-bond donors (Lipinski definition) is 0. The van der Waals surface area contributed by atoms with Gasteiger partial charge >= 0.3 is 6.09 Å². The molecular weight excluding hydrogens is 462 g/mol. The Kier molecular flexibility index (Phi) is 6.80. The van der Waals surface area contributed by atoms with Gasteiger partial charge in [-0.15, -0.1) is 0 Å². The second-order valence-corrected chi connectivity index (χ2v) is 11.2. The summed E-state index contributed by atoms with van der Waals surface area (Å²) < 4.78 is 7.59. The first-order chi connectivity index (χ1) is 18.0. The van der Waals surface area contributed by atoms with Crippen LogP contribution in [0.1, 0.15) is 57.4 Å². The third-order valence-electron chi connectivity index (χ3n) is 8.66. The fourth-order valence-corrected chi connectivity index (χ4v) is 5.96. The number of fused-ring (bicyclic) bond motifs is 1. The molecule has 0 unspecified atom stereocenters. The van der Waals surface area contributed by atoms with Crippen LogP contribution in [0.4, 0.5) is 10.5 Å². The Hall–Kier alpha value is -3.06. The van der Waals surface area contributed by atoms with E-state index in [0.29, 0.717) is 25.0 Å². The highest BCUT2D eigenvalue weighted by atomic mass is 16.6. The third-order valence-corrected chi connectivity index (χ3v) is 8.66. The van der Waals surface area contributed by atoms with E-state index in [0.717, 1.165) is 31.4 Å². The highest BCUT2D eigenvalue weighted by Gasteiger charge is 2.28. The number of rotatable bonds is 5. The average molecular weight is 502 g/mol. The molecule has 7 nitrogen and oxygen atoms in total. The van der Waals surface area contributed by atoms with Gasteiger partial charge in [0.15, 0.2) is 0 Å². The van der Waals surface area contributed by atoms with Crippen LogP contribution in [0.3, 0.4) is 0 Å². The maximum Gasteiger partial charge on any atom is 0.410 e. The minimum Gasteiger partial charge on any atom is -0.446 e. The number of piperidine rings is 1. The summed E-state index contributed by atoms with van der Waals surface area (Å²) in [6.07, 6.45) is 9.66. The molecule has 2 aromatic heterocycles. The van der Waals surface area contributed by atoms with Gasteiger partial charge in [0.25, 0.3) is 0 Å². The Labute approximate surface area is 220 Å². The van der Waals surface area contributed by atoms with Crippen molar-refractivity contribution in [1.82, 2.24) is 19.4 Å². The number of ether oxygens (including phenoxy) is 1. The maximum atomic E-state index is 12.5. The minimum absolute atomic E-state index is 0.136. The van der Waals surface area contributed by atoms with Crippen LogP contribution >= 0.6 is 0 Å². The molecule has 1 aromatic carbocycles. The summed E-state index contributed by atoms with van der Waals surface area (Å²) in [5.41, 5.74) is 6.14. The molecule has 2 aliphatic heterocycles.